The molecule has 7 heteroatoms. The fourth-order valence-electron chi connectivity index (χ4n) is 2.10. The zero-order valence-corrected chi connectivity index (χ0v) is 14.6. The molecule has 0 aliphatic rings. The van der Waals surface area contributed by atoms with Crippen molar-refractivity contribution in [3.05, 3.63) is 29.8 Å². The number of hydrogen-bond donors (Lipinski definition) is 1. The van der Waals surface area contributed by atoms with Crippen molar-refractivity contribution in [2.75, 3.05) is 14.0 Å². The highest BCUT2D eigenvalue weighted by Crippen LogP contribution is 2.19. The fourth-order valence-corrected chi connectivity index (χ4v) is 2.10. The van der Waals surface area contributed by atoms with Gasteiger partial charge in [0.15, 0.2) is 0 Å². The molecule has 0 aliphatic heterocycles. The SMILES string of the molecule is COC(=O)C(C)(Cc1ccc(OC[18F])cc1)NC(=O)OC(C)(C)C. The first-order valence-electron chi connectivity index (χ1n) is 7.47. The van der Waals surface area contributed by atoms with E-state index in [1.165, 1.54) is 7.11 Å². The predicted molar refractivity (Wildman–Crippen MR) is 86.5 cm³/mol. The van der Waals surface area contributed by atoms with Crippen molar-refractivity contribution in [1.29, 1.82) is 0 Å². The van der Waals surface area contributed by atoms with Gasteiger partial charge in [-0.25, -0.2) is 14.0 Å². The van der Waals surface area contributed by atoms with Gasteiger partial charge < -0.3 is 19.5 Å². The molecule has 0 spiro atoms. The first-order chi connectivity index (χ1) is 11.1. The van der Waals surface area contributed by atoms with Gasteiger partial charge in [-0.05, 0) is 45.4 Å². The molecule has 1 atom stereocenters. The van der Waals surface area contributed by atoms with Crippen LogP contribution in [0, 0.1) is 0 Å². The number of carbonyl (C=O) groups excluding carboxylic acids is 2. The number of alkyl carbamates (subject to hydrolysis) is 1. The van der Waals surface area contributed by atoms with E-state index in [0.717, 1.165) is 5.56 Å². The zero-order valence-electron chi connectivity index (χ0n) is 14.6. The Labute approximate surface area is 141 Å². The van der Waals surface area contributed by atoms with E-state index in [2.05, 4.69) is 5.32 Å². The minimum atomic E-state index is -1.31. The van der Waals surface area contributed by atoms with Gasteiger partial charge in [0.2, 0.25) is 6.86 Å². The van der Waals surface area contributed by atoms with Crippen LogP contribution in [0.4, 0.5) is 9.18 Å². The molecule has 1 amide bonds. The number of nitrogens with one attached hydrogen (secondary N) is 1. The summed E-state index contributed by atoms with van der Waals surface area (Å²) in [4.78, 5) is 24.2. The summed E-state index contributed by atoms with van der Waals surface area (Å²) >= 11 is 0. The zero-order chi connectivity index (χ0) is 18.4. The Hall–Kier alpha value is -2.31. The minimum Gasteiger partial charge on any atom is -0.467 e. The van der Waals surface area contributed by atoms with Crippen LogP contribution in [-0.4, -0.2) is 37.2 Å². The van der Waals surface area contributed by atoms with Gasteiger partial charge in [0, 0.05) is 6.42 Å². The lowest BCUT2D eigenvalue weighted by Crippen LogP contribution is -2.55. The molecular weight excluding hydrogens is 316 g/mol. The number of esters is 1. The first kappa shape index (κ1) is 19.7. The Bertz CT molecular complexity index is 567. The number of alkyl halides is 1. The molecule has 1 rings (SSSR count). The number of halogens is 1. The molecule has 1 unspecified atom stereocenters. The maximum atomic E-state index is 12.1. The van der Waals surface area contributed by atoms with Gasteiger partial charge in [-0.3, -0.25) is 0 Å². The Morgan fingerprint density at radius 3 is 2.17 bits per heavy atom. The summed E-state index contributed by atoms with van der Waals surface area (Å²) in [6.07, 6.45) is -0.540. The van der Waals surface area contributed by atoms with E-state index < -0.39 is 30.1 Å². The monoisotopic (exact) mass is 340 g/mol. The van der Waals surface area contributed by atoms with Gasteiger partial charge in [0.05, 0.1) is 7.11 Å². The second kappa shape index (κ2) is 7.99. The lowest BCUT2D eigenvalue weighted by molar-refractivity contribution is -0.147. The largest absolute Gasteiger partial charge is 0.467 e. The highest BCUT2D eigenvalue weighted by atomic mass is 18.2. The summed E-state index contributed by atoms with van der Waals surface area (Å²) in [7, 11) is 1.25. The van der Waals surface area contributed by atoms with E-state index in [1.807, 2.05) is 0 Å². The number of ether oxygens (including phenoxy) is 3. The maximum Gasteiger partial charge on any atom is 0.408 e. The van der Waals surface area contributed by atoms with E-state index >= 15 is 0 Å². The van der Waals surface area contributed by atoms with Crippen molar-refractivity contribution in [3.63, 3.8) is 0 Å². The van der Waals surface area contributed by atoms with Gasteiger partial charge in [-0.2, -0.15) is 0 Å². The molecule has 0 radical (unpaired) electrons. The van der Waals surface area contributed by atoms with Crippen molar-refractivity contribution < 1.29 is 28.2 Å². The summed E-state index contributed by atoms with van der Waals surface area (Å²) in [5.74, 6) is -0.224. The number of carbonyl (C=O) groups is 2. The van der Waals surface area contributed by atoms with Gasteiger partial charge in [0.25, 0.3) is 0 Å². The van der Waals surface area contributed by atoms with Crippen LogP contribution < -0.4 is 10.1 Å². The van der Waals surface area contributed by atoms with Gasteiger partial charge in [0.1, 0.15) is 16.9 Å². The maximum absolute atomic E-state index is 12.1. The Kier molecular flexibility index (Phi) is 6.57. The molecule has 134 valence electrons. The molecule has 1 N–H and O–H groups in total. The summed E-state index contributed by atoms with van der Waals surface area (Å²) in [5.41, 5.74) is -1.25. The highest BCUT2D eigenvalue weighted by Gasteiger charge is 2.37. The summed E-state index contributed by atoms with van der Waals surface area (Å²) in [5, 5.41) is 2.56. The number of amides is 1. The quantitative estimate of drug-likeness (QED) is 0.806. The van der Waals surface area contributed by atoms with E-state index in [0.29, 0.717) is 5.75 Å². The predicted octanol–water partition coefficient (Wildman–Crippen LogP) is 2.99. The molecule has 6 nitrogen and oxygen atoms in total. The Morgan fingerprint density at radius 2 is 1.71 bits per heavy atom. The summed E-state index contributed by atoms with van der Waals surface area (Å²) in [6.45, 7) is 5.82. The molecule has 0 saturated carbocycles. The molecule has 0 aliphatic carbocycles. The summed E-state index contributed by atoms with van der Waals surface area (Å²) < 4.78 is 26.9. The third kappa shape index (κ3) is 6.06. The van der Waals surface area contributed by atoms with Crippen LogP contribution in [0.5, 0.6) is 5.75 Å². The van der Waals surface area contributed by atoms with Crippen LogP contribution in [0.1, 0.15) is 33.3 Å². The van der Waals surface area contributed by atoms with Crippen molar-refractivity contribution in [2.24, 2.45) is 0 Å². The molecular formula is C17H24FNO5. The third-order valence-corrected chi connectivity index (χ3v) is 3.12. The van der Waals surface area contributed by atoms with E-state index in [-0.39, 0.29) is 6.42 Å². The second-order valence-corrected chi connectivity index (χ2v) is 6.52. The Balaban J connectivity index is 2.91. The van der Waals surface area contributed by atoms with Crippen LogP contribution in [0.15, 0.2) is 24.3 Å². The van der Waals surface area contributed by atoms with Crippen LogP contribution in [-0.2, 0) is 20.7 Å². The van der Waals surface area contributed by atoms with Gasteiger partial charge in [-0.15, -0.1) is 0 Å². The van der Waals surface area contributed by atoms with Gasteiger partial charge >= 0.3 is 12.1 Å². The average Bonchev–Trinajstić information content (AvgIpc) is 2.46. The number of rotatable bonds is 6. The van der Waals surface area contributed by atoms with Crippen LogP contribution in [0.3, 0.4) is 0 Å². The smallest absolute Gasteiger partial charge is 0.408 e. The normalized spacial score (nSPS) is 13.6. The molecule has 0 fully saturated rings. The minimum absolute atomic E-state index is 0.175. The van der Waals surface area contributed by atoms with Gasteiger partial charge in [-0.1, -0.05) is 12.1 Å². The number of methoxy groups -OCH3 is 1. The van der Waals surface area contributed by atoms with Crippen molar-refractivity contribution in [2.45, 2.75) is 45.3 Å². The molecule has 0 heterocycles. The third-order valence-electron chi connectivity index (χ3n) is 3.12. The van der Waals surface area contributed by atoms with E-state index in [9.17, 15) is 14.0 Å². The molecule has 1 aromatic rings. The highest BCUT2D eigenvalue weighted by molar-refractivity contribution is 5.85. The fraction of sp³-hybridized carbons (Fsp3) is 0.529. The van der Waals surface area contributed by atoms with Crippen LogP contribution >= 0.6 is 0 Å². The van der Waals surface area contributed by atoms with Crippen molar-refractivity contribution >= 4 is 12.1 Å². The standard InChI is InChI=1S/C17H24FNO5/c1-16(2,3)24-15(21)19-17(4,14(20)22-5)10-12-6-8-13(9-7-12)23-11-18/h6-9H,10-11H2,1-5H3,(H,19,21)/i18-1. The number of hydrogen-bond acceptors (Lipinski definition) is 5. The number of benzene rings is 1. The van der Waals surface area contributed by atoms with Crippen molar-refractivity contribution in [1.82, 2.24) is 5.32 Å². The molecule has 24 heavy (non-hydrogen) atoms. The molecule has 0 saturated heterocycles. The topological polar surface area (TPSA) is 73.9 Å². The van der Waals surface area contributed by atoms with Crippen LogP contribution in [0.2, 0.25) is 0 Å². The lowest BCUT2D eigenvalue weighted by Gasteiger charge is -2.29. The molecule has 0 aromatic heterocycles. The lowest BCUT2D eigenvalue weighted by atomic mass is 9.93. The Morgan fingerprint density at radius 1 is 1.12 bits per heavy atom. The molecule has 0 bridgehead atoms. The summed E-state index contributed by atoms with van der Waals surface area (Å²) in [6, 6.07) is 6.53. The van der Waals surface area contributed by atoms with Crippen molar-refractivity contribution in [3.8, 4) is 5.75 Å². The van der Waals surface area contributed by atoms with E-state index in [1.54, 1.807) is 52.0 Å². The van der Waals surface area contributed by atoms with E-state index in [4.69, 9.17) is 14.2 Å². The average molecular weight is 340 g/mol. The second-order valence-electron chi connectivity index (χ2n) is 6.52. The molecule has 1 aromatic carbocycles. The first-order valence-corrected chi connectivity index (χ1v) is 7.47. The van der Waals surface area contributed by atoms with Crippen LogP contribution in [0.25, 0.3) is 0 Å².